The molecule has 0 aliphatic carbocycles. The van der Waals surface area contributed by atoms with Crippen molar-refractivity contribution >= 4 is 17.0 Å². The molecule has 0 fully saturated rings. The number of benzene rings is 2. The molecule has 1 nitrogen and oxygen atoms in total. The van der Waals surface area contributed by atoms with Crippen LogP contribution < -0.4 is 5.32 Å². The predicted octanol–water partition coefficient (Wildman–Crippen LogP) is 5.47. The Morgan fingerprint density at radius 3 is 2.71 bits per heavy atom. The molecule has 0 atom stereocenters. The van der Waals surface area contributed by atoms with Gasteiger partial charge in [-0.3, -0.25) is 0 Å². The maximum atomic E-state index is 13.3. The Hall–Kier alpha value is -2.13. The number of thiophene rings is 1. The molecule has 0 amide bonds. The lowest BCUT2D eigenvalue weighted by Crippen LogP contribution is -2.02. The molecule has 0 spiro atoms. The van der Waals surface area contributed by atoms with Gasteiger partial charge in [-0.15, -0.1) is 11.3 Å². The highest BCUT2D eigenvalue weighted by atomic mass is 32.1. The fourth-order valence-electron chi connectivity index (χ4n) is 2.30. The molecule has 106 valence electrons. The summed E-state index contributed by atoms with van der Waals surface area (Å²) in [4.78, 5) is 1.23. The van der Waals surface area contributed by atoms with Crippen LogP contribution in [0.15, 0.2) is 60.0 Å². The van der Waals surface area contributed by atoms with Crippen LogP contribution >= 0.6 is 11.3 Å². The van der Waals surface area contributed by atoms with Crippen LogP contribution in [0.1, 0.15) is 11.1 Å². The number of para-hydroxylation sites is 1. The largest absolute Gasteiger partial charge is 0.380 e. The van der Waals surface area contributed by atoms with Gasteiger partial charge in [0.1, 0.15) is 5.82 Å². The van der Waals surface area contributed by atoms with Gasteiger partial charge >= 0.3 is 0 Å². The fourth-order valence-corrected chi connectivity index (χ4v) is 3.07. The monoisotopic (exact) mass is 297 g/mol. The molecular formula is C18H16FNS. The lowest BCUT2D eigenvalue weighted by Gasteiger charge is -2.12. The van der Waals surface area contributed by atoms with Crippen molar-refractivity contribution in [1.29, 1.82) is 0 Å². The fraction of sp³-hybridized carbons (Fsp3) is 0.111. The van der Waals surface area contributed by atoms with Crippen molar-refractivity contribution in [1.82, 2.24) is 0 Å². The number of halogens is 1. The van der Waals surface area contributed by atoms with Crippen LogP contribution in [0.3, 0.4) is 0 Å². The van der Waals surface area contributed by atoms with Gasteiger partial charge in [-0.2, -0.15) is 0 Å². The number of nitrogens with one attached hydrogen (secondary N) is 1. The Balaban J connectivity index is 1.84. The molecule has 0 saturated heterocycles. The first kappa shape index (κ1) is 13.8. The second kappa shape index (κ2) is 6.10. The molecule has 2 aromatic carbocycles. The normalized spacial score (nSPS) is 10.6. The zero-order valence-corrected chi connectivity index (χ0v) is 12.6. The van der Waals surface area contributed by atoms with Crippen molar-refractivity contribution in [3.05, 3.63) is 76.9 Å². The van der Waals surface area contributed by atoms with Gasteiger partial charge in [0.05, 0.1) is 0 Å². The van der Waals surface area contributed by atoms with Crippen LogP contribution in [0.4, 0.5) is 10.1 Å². The van der Waals surface area contributed by atoms with E-state index >= 15 is 0 Å². The summed E-state index contributed by atoms with van der Waals surface area (Å²) in [6, 6.07) is 17.3. The van der Waals surface area contributed by atoms with E-state index in [-0.39, 0.29) is 5.82 Å². The van der Waals surface area contributed by atoms with Gasteiger partial charge in [-0.05, 0) is 47.7 Å². The summed E-state index contributed by atoms with van der Waals surface area (Å²) in [5.74, 6) is -0.191. The van der Waals surface area contributed by atoms with Crippen LogP contribution in [-0.4, -0.2) is 0 Å². The predicted molar refractivity (Wildman–Crippen MR) is 88.2 cm³/mol. The van der Waals surface area contributed by atoms with E-state index < -0.39 is 0 Å². The van der Waals surface area contributed by atoms with Gasteiger partial charge in [0.2, 0.25) is 0 Å². The molecule has 1 N–H and O–H groups in total. The molecule has 3 aromatic rings. The molecule has 21 heavy (non-hydrogen) atoms. The molecule has 0 aliphatic heterocycles. The Kier molecular flexibility index (Phi) is 4.02. The van der Waals surface area contributed by atoms with Crippen molar-refractivity contribution in [2.75, 3.05) is 5.32 Å². The number of aryl methyl sites for hydroxylation is 1. The Bertz CT molecular complexity index is 735. The third kappa shape index (κ3) is 3.14. The Labute approximate surface area is 128 Å². The first-order chi connectivity index (χ1) is 10.2. The van der Waals surface area contributed by atoms with Gasteiger partial charge in [0, 0.05) is 22.7 Å². The Morgan fingerprint density at radius 2 is 1.90 bits per heavy atom. The number of rotatable bonds is 4. The summed E-state index contributed by atoms with van der Waals surface area (Å²) in [6.07, 6.45) is 0. The number of hydrogen-bond donors (Lipinski definition) is 1. The third-order valence-electron chi connectivity index (χ3n) is 3.49. The zero-order valence-electron chi connectivity index (χ0n) is 11.8. The summed E-state index contributed by atoms with van der Waals surface area (Å²) in [7, 11) is 0. The van der Waals surface area contributed by atoms with Crippen LogP contribution in [-0.2, 0) is 6.54 Å². The molecule has 0 bridgehead atoms. The molecule has 0 unspecified atom stereocenters. The number of anilines is 1. The minimum absolute atomic E-state index is 0.191. The molecule has 1 aromatic heterocycles. The summed E-state index contributed by atoms with van der Waals surface area (Å²) >= 11 is 1.72. The topological polar surface area (TPSA) is 12.0 Å². The van der Waals surface area contributed by atoms with Crippen LogP contribution in [0.25, 0.3) is 10.4 Å². The zero-order chi connectivity index (χ0) is 14.7. The maximum absolute atomic E-state index is 13.3. The first-order valence-corrected chi connectivity index (χ1v) is 7.74. The van der Waals surface area contributed by atoms with E-state index in [0.717, 1.165) is 16.8 Å². The summed E-state index contributed by atoms with van der Waals surface area (Å²) < 4.78 is 13.3. The quantitative estimate of drug-likeness (QED) is 0.673. The highest BCUT2D eigenvalue weighted by Gasteiger charge is 2.06. The molecule has 0 radical (unpaired) electrons. The number of hydrogen-bond acceptors (Lipinski definition) is 2. The highest BCUT2D eigenvalue weighted by molar-refractivity contribution is 7.13. The van der Waals surface area contributed by atoms with E-state index in [1.807, 2.05) is 31.2 Å². The van der Waals surface area contributed by atoms with Gasteiger partial charge in [-0.1, -0.05) is 30.3 Å². The summed E-state index contributed by atoms with van der Waals surface area (Å²) in [6.45, 7) is 2.62. The lowest BCUT2D eigenvalue weighted by molar-refractivity contribution is 0.625. The molecule has 0 aliphatic rings. The Morgan fingerprint density at radius 1 is 1.05 bits per heavy atom. The lowest BCUT2D eigenvalue weighted by atomic mass is 10.1. The van der Waals surface area contributed by atoms with Crippen molar-refractivity contribution in [2.24, 2.45) is 0 Å². The average molecular weight is 297 g/mol. The molecule has 3 heteroatoms. The van der Waals surface area contributed by atoms with E-state index in [1.165, 1.54) is 16.5 Å². The maximum Gasteiger partial charge on any atom is 0.123 e. The van der Waals surface area contributed by atoms with Crippen LogP contribution in [0.5, 0.6) is 0 Å². The van der Waals surface area contributed by atoms with Crippen LogP contribution in [0.2, 0.25) is 0 Å². The van der Waals surface area contributed by atoms with Gasteiger partial charge in [0.25, 0.3) is 0 Å². The van der Waals surface area contributed by atoms with Crippen molar-refractivity contribution in [3.63, 3.8) is 0 Å². The standard InChI is InChI=1S/C18H16FNS/c1-13-8-9-15(19)11-14(13)12-20-17-6-3-2-5-16(17)18-7-4-10-21-18/h2-11,20H,12H2,1H3. The van der Waals surface area contributed by atoms with E-state index in [1.54, 1.807) is 17.4 Å². The molecule has 1 heterocycles. The van der Waals surface area contributed by atoms with E-state index in [4.69, 9.17) is 0 Å². The second-order valence-corrected chi connectivity index (χ2v) is 5.89. The summed E-state index contributed by atoms with van der Waals surface area (Å²) in [5, 5.41) is 5.50. The van der Waals surface area contributed by atoms with Crippen molar-refractivity contribution < 1.29 is 4.39 Å². The SMILES string of the molecule is Cc1ccc(F)cc1CNc1ccccc1-c1cccs1. The van der Waals surface area contributed by atoms with Crippen LogP contribution in [0, 0.1) is 12.7 Å². The minimum atomic E-state index is -0.191. The van der Waals surface area contributed by atoms with E-state index in [9.17, 15) is 4.39 Å². The highest BCUT2D eigenvalue weighted by Crippen LogP contribution is 2.31. The molecular weight excluding hydrogens is 281 g/mol. The average Bonchev–Trinajstić information content (AvgIpc) is 3.03. The molecule has 3 rings (SSSR count). The third-order valence-corrected chi connectivity index (χ3v) is 4.40. The minimum Gasteiger partial charge on any atom is -0.380 e. The van der Waals surface area contributed by atoms with Crippen molar-refractivity contribution in [3.8, 4) is 10.4 Å². The van der Waals surface area contributed by atoms with Gasteiger partial charge in [0.15, 0.2) is 0 Å². The first-order valence-electron chi connectivity index (χ1n) is 6.86. The second-order valence-electron chi connectivity index (χ2n) is 4.95. The van der Waals surface area contributed by atoms with Gasteiger partial charge < -0.3 is 5.32 Å². The van der Waals surface area contributed by atoms with Crippen molar-refractivity contribution in [2.45, 2.75) is 13.5 Å². The smallest absolute Gasteiger partial charge is 0.123 e. The molecule has 0 saturated carbocycles. The summed E-state index contributed by atoms with van der Waals surface area (Å²) in [5.41, 5.74) is 4.33. The van der Waals surface area contributed by atoms with E-state index in [2.05, 4.69) is 28.9 Å². The van der Waals surface area contributed by atoms with Gasteiger partial charge in [-0.25, -0.2) is 4.39 Å². The van der Waals surface area contributed by atoms with E-state index in [0.29, 0.717) is 6.54 Å².